The summed E-state index contributed by atoms with van der Waals surface area (Å²) in [6.07, 6.45) is 0. The number of aromatic nitrogens is 3. The molecule has 10 rings (SSSR count). The fourth-order valence-corrected chi connectivity index (χ4v) is 7.93. The summed E-state index contributed by atoms with van der Waals surface area (Å²) in [6.45, 7) is 0. The predicted octanol–water partition coefficient (Wildman–Crippen LogP) is 11.4. The minimum Gasteiger partial charge on any atom is -0.344 e. The first-order valence-electron chi connectivity index (χ1n) is 16.2. The van der Waals surface area contributed by atoms with Crippen molar-refractivity contribution in [2.45, 2.75) is 0 Å². The number of rotatable bonds is 3. The molecule has 3 heterocycles. The zero-order chi connectivity index (χ0) is 31.2. The molecule has 0 aliphatic heterocycles. The number of fused-ring (bicyclic) bond motifs is 9. The lowest BCUT2D eigenvalue weighted by atomic mass is 9.98. The number of benzene rings is 7. The first-order valence-corrected chi connectivity index (χ1v) is 16.2. The topological polar surface area (TPSA) is 14.8 Å². The summed E-state index contributed by atoms with van der Waals surface area (Å²) in [5.41, 5.74) is 13.5. The quantitative estimate of drug-likeness (QED) is 0.191. The number of hydrogen-bond donors (Lipinski definition) is 0. The molecule has 222 valence electrons. The van der Waals surface area contributed by atoms with Crippen molar-refractivity contribution in [1.82, 2.24) is 13.7 Å². The molecule has 0 unspecified atom stereocenters. The Bertz CT molecular complexity index is 2680. The zero-order valence-electron chi connectivity index (χ0n) is 26.3. The van der Waals surface area contributed by atoms with E-state index in [0.29, 0.717) is 0 Å². The number of aryl methyl sites for hydroxylation is 2. The molecule has 0 N–H and O–H groups in total. The van der Waals surface area contributed by atoms with Crippen LogP contribution in [-0.4, -0.2) is 13.7 Å². The molecule has 0 fully saturated rings. The maximum atomic E-state index is 2.40. The minimum atomic E-state index is 1.17. The average Bonchev–Trinajstić information content (AvgIpc) is 3.72. The molecular formula is C44H31N3. The van der Waals surface area contributed by atoms with Crippen molar-refractivity contribution in [3.8, 4) is 27.9 Å². The molecule has 47 heavy (non-hydrogen) atoms. The first-order chi connectivity index (χ1) is 23.1. The van der Waals surface area contributed by atoms with Gasteiger partial charge in [-0.2, -0.15) is 0 Å². The van der Waals surface area contributed by atoms with Crippen molar-refractivity contribution in [2.24, 2.45) is 14.1 Å². The first kappa shape index (κ1) is 26.2. The summed E-state index contributed by atoms with van der Waals surface area (Å²) < 4.78 is 6.99. The van der Waals surface area contributed by atoms with Crippen LogP contribution < -0.4 is 0 Å². The summed E-state index contributed by atoms with van der Waals surface area (Å²) in [7, 11) is 4.31. The second-order valence-electron chi connectivity index (χ2n) is 12.8. The van der Waals surface area contributed by atoms with E-state index in [1.165, 1.54) is 93.4 Å². The van der Waals surface area contributed by atoms with Crippen LogP contribution in [0, 0.1) is 0 Å². The van der Waals surface area contributed by atoms with Crippen LogP contribution in [0.4, 0.5) is 0 Å². The van der Waals surface area contributed by atoms with Gasteiger partial charge >= 0.3 is 0 Å². The van der Waals surface area contributed by atoms with E-state index in [1.54, 1.807) is 0 Å². The molecule has 7 aromatic carbocycles. The van der Waals surface area contributed by atoms with Gasteiger partial charge in [0.25, 0.3) is 0 Å². The van der Waals surface area contributed by atoms with Crippen molar-refractivity contribution < 1.29 is 0 Å². The van der Waals surface area contributed by atoms with Gasteiger partial charge in [0.1, 0.15) is 0 Å². The van der Waals surface area contributed by atoms with Crippen molar-refractivity contribution in [3.63, 3.8) is 0 Å². The van der Waals surface area contributed by atoms with Crippen LogP contribution in [0.1, 0.15) is 0 Å². The van der Waals surface area contributed by atoms with Gasteiger partial charge in [0, 0.05) is 74.2 Å². The van der Waals surface area contributed by atoms with Crippen molar-refractivity contribution in [1.29, 1.82) is 0 Å². The Morgan fingerprint density at radius 2 is 0.638 bits per heavy atom. The van der Waals surface area contributed by atoms with Crippen LogP contribution in [0.25, 0.3) is 93.4 Å². The second kappa shape index (κ2) is 9.72. The Morgan fingerprint density at radius 3 is 1.09 bits per heavy atom. The van der Waals surface area contributed by atoms with E-state index < -0.39 is 0 Å². The van der Waals surface area contributed by atoms with Crippen LogP contribution in [0.15, 0.2) is 152 Å². The highest BCUT2D eigenvalue weighted by Crippen LogP contribution is 2.39. The molecule has 3 heteroatoms. The van der Waals surface area contributed by atoms with Gasteiger partial charge in [-0.05, 0) is 95.1 Å². The van der Waals surface area contributed by atoms with E-state index in [0.717, 1.165) is 0 Å². The second-order valence-corrected chi connectivity index (χ2v) is 12.8. The van der Waals surface area contributed by atoms with Gasteiger partial charge < -0.3 is 13.7 Å². The highest BCUT2D eigenvalue weighted by atomic mass is 15.0. The molecule has 0 spiro atoms. The Kier molecular flexibility index (Phi) is 5.41. The summed E-state index contributed by atoms with van der Waals surface area (Å²) >= 11 is 0. The highest BCUT2D eigenvalue weighted by molar-refractivity contribution is 6.14. The third-order valence-corrected chi connectivity index (χ3v) is 10.3. The van der Waals surface area contributed by atoms with E-state index in [1.807, 2.05) is 0 Å². The number of hydrogen-bond acceptors (Lipinski definition) is 0. The molecule has 0 atom stereocenters. The van der Waals surface area contributed by atoms with Crippen molar-refractivity contribution >= 4 is 65.4 Å². The van der Waals surface area contributed by atoms with Crippen LogP contribution in [0.3, 0.4) is 0 Å². The molecule has 3 aromatic heterocycles. The molecule has 0 aliphatic rings. The lowest BCUT2D eigenvalue weighted by molar-refractivity contribution is 1.01. The monoisotopic (exact) mass is 601 g/mol. The predicted molar refractivity (Wildman–Crippen MR) is 200 cm³/mol. The number of nitrogens with zero attached hydrogens (tertiary/aromatic N) is 3. The van der Waals surface area contributed by atoms with Gasteiger partial charge in [0.15, 0.2) is 0 Å². The van der Waals surface area contributed by atoms with E-state index in [-0.39, 0.29) is 0 Å². The maximum absolute atomic E-state index is 2.40. The van der Waals surface area contributed by atoms with Crippen molar-refractivity contribution in [3.05, 3.63) is 152 Å². The molecule has 0 aliphatic carbocycles. The Morgan fingerprint density at radius 1 is 0.298 bits per heavy atom. The Hall–Kier alpha value is -6.06. The molecule has 3 nitrogen and oxygen atoms in total. The normalized spacial score (nSPS) is 12.0. The average molecular weight is 602 g/mol. The van der Waals surface area contributed by atoms with Gasteiger partial charge in [-0.15, -0.1) is 0 Å². The standard InChI is InChI=1S/C44H31N3/c1-45-39-14-8-6-12-33(39)35-24-28(16-20-41(35)45)30-18-22-43-37(26-30)38-27-31(19-23-44(38)47(43)32-10-4-3-5-11-32)29-17-21-42-36(25-29)34-13-7-9-15-40(34)46(42)2/h3-27H,1-2H3. The van der Waals surface area contributed by atoms with Crippen LogP contribution >= 0.6 is 0 Å². The van der Waals surface area contributed by atoms with Gasteiger partial charge in [0.2, 0.25) is 0 Å². The van der Waals surface area contributed by atoms with E-state index in [2.05, 4.69) is 179 Å². The summed E-state index contributed by atoms with van der Waals surface area (Å²) in [5.74, 6) is 0. The largest absolute Gasteiger partial charge is 0.344 e. The molecule has 0 bridgehead atoms. The molecule has 0 saturated heterocycles. The zero-order valence-corrected chi connectivity index (χ0v) is 26.3. The fourth-order valence-electron chi connectivity index (χ4n) is 7.93. The SMILES string of the molecule is Cn1c2ccccc2c2cc(-c3ccc4c(c3)c3cc(-c5ccc6c(c5)c5ccccc5n6C)ccc3n4-c3ccccc3)ccc21. The lowest BCUT2D eigenvalue weighted by Crippen LogP contribution is -1.93. The Balaban J connectivity index is 1.20. The fraction of sp³-hybridized carbons (Fsp3) is 0.0455. The summed E-state index contributed by atoms with van der Waals surface area (Å²) in [4.78, 5) is 0. The lowest BCUT2D eigenvalue weighted by Gasteiger charge is -2.09. The minimum absolute atomic E-state index is 1.17. The van der Waals surface area contributed by atoms with Crippen LogP contribution in [0.2, 0.25) is 0 Å². The molecule has 0 radical (unpaired) electrons. The van der Waals surface area contributed by atoms with Crippen molar-refractivity contribution in [2.75, 3.05) is 0 Å². The van der Waals surface area contributed by atoms with Crippen LogP contribution in [0.5, 0.6) is 0 Å². The highest BCUT2D eigenvalue weighted by Gasteiger charge is 2.16. The number of para-hydroxylation sites is 3. The van der Waals surface area contributed by atoms with E-state index in [4.69, 9.17) is 0 Å². The van der Waals surface area contributed by atoms with E-state index in [9.17, 15) is 0 Å². The third-order valence-electron chi connectivity index (χ3n) is 10.3. The van der Waals surface area contributed by atoms with Gasteiger partial charge in [-0.25, -0.2) is 0 Å². The summed E-state index contributed by atoms with van der Waals surface area (Å²) in [5, 5.41) is 7.68. The van der Waals surface area contributed by atoms with Gasteiger partial charge in [0.05, 0.1) is 11.0 Å². The molecule has 0 saturated carbocycles. The maximum Gasteiger partial charge on any atom is 0.0541 e. The molecule has 0 amide bonds. The summed E-state index contributed by atoms with van der Waals surface area (Å²) in [6, 6.07) is 55.8. The van der Waals surface area contributed by atoms with Crippen LogP contribution in [-0.2, 0) is 14.1 Å². The van der Waals surface area contributed by atoms with E-state index >= 15 is 0 Å². The Labute approximate surface area is 272 Å². The van der Waals surface area contributed by atoms with Gasteiger partial charge in [-0.1, -0.05) is 78.9 Å². The smallest absolute Gasteiger partial charge is 0.0541 e. The van der Waals surface area contributed by atoms with Gasteiger partial charge in [-0.3, -0.25) is 0 Å². The molecule has 10 aromatic rings. The molecular weight excluding hydrogens is 571 g/mol. The third kappa shape index (κ3) is 3.74.